The third-order valence-electron chi connectivity index (χ3n) is 5.48. The quantitative estimate of drug-likeness (QED) is 0.428. The van der Waals surface area contributed by atoms with Crippen molar-refractivity contribution in [1.29, 1.82) is 0 Å². The Morgan fingerprint density at radius 2 is 1.90 bits per heavy atom. The number of hydrogen-bond donors (Lipinski definition) is 1. The number of thiophene rings is 1. The Balaban J connectivity index is 1.63. The molecule has 0 aliphatic heterocycles. The smallest absolute Gasteiger partial charge is 0.317 e. The van der Waals surface area contributed by atoms with Crippen LogP contribution in [0.25, 0.3) is 0 Å². The SMILES string of the molecule is CS(=O)(=O)NCCc1ccc(C(=O)COC(=O)C2(c3cccc(Cl)c3)CCCCC2)s1. The number of rotatable bonds is 9. The van der Waals surface area contributed by atoms with E-state index < -0.39 is 15.4 Å². The molecule has 1 aliphatic rings. The van der Waals surface area contributed by atoms with Crippen LogP contribution in [0.3, 0.4) is 0 Å². The Hall–Kier alpha value is -1.74. The van der Waals surface area contributed by atoms with Crippen LogP contribution < -0.4 is 4.72 Å². The number of benzene rings is 1. The number of halogens is 1. The fourth-order valence-corrected chi connectivity index (χ4v) is 5.51. The van der Waals surface area contributed by atoms with Gasteiger partial charge in [-0.25, -0.2) is 13.1 Å². The van der Waals surface area contributed by atoms with E-state index in [1.807, 2.05) is 18.2 Å². The number of carbonyl (C=O) groups is 2. The molecule has 6 nitrogen and oxygen atoms in total. The average Bonchev–Trinajstić information content (AvgIpc) is 3.20. The summed E-state index contributed by atoms with van der Waals surface area (Å²) in [5, 5.41) is 0.572. The number of ketones is 1. The second kappa shape index (κ2) is 10.3. The summed E-state index contributed by atoms with van der Waals surface area (Å²) >= 11 is 7.44. The normalized spacial score (nSPS) is 16.1. The first-order valence-electron chi connectivity index (χ1n) is 10.2. The summed E-state index contributed by atoms with van der Waals surface area (Å²) in [7, 11) is -3.24. The zero-order valence-electron chi connectivity index (χ0n) is 17.4. The molecule has 31 heavy (non-hydrogen) atoms. The minimum atomic E-state index is -3.24. The van der Waals surface area contributed by atoms with E-state index in [-0.39, 0.29) is 24.9 Å². The minimum absolute atomic E-state index is 0.266. The Kier molecular flexibility index (Phi) is 7.91. The maximum atomic E-state index is 13.1. The van der Waals surface area contributed by atoms with Gasteiger partial charge in [0.25, 0.3) is 0 Å². The van der Waals surface area contributed by atoms with Crippen LogP contribution in [0, 0.1) is 0 Å². The highest BCUT2D eigenvalue weighted by molar-refractivity contribution is 7.88. The molecule has 1 heterocycles. The molecule has 1 aliphatic carbocycles. The first-order valence-corrected chi connectivity index (χ1v) is 13.3. The van der Waals surface area contributed by atoms with Crippen LogP contribution in [0.5, 0.6) is 0 Å². The van der Waals surface area contributed by atoms with Gasteiger partial charge in [-0.05, 0) is 49.1 Å². The van der Waals surface area contributed by atoms with Gasteiger partial charge in [0.15, 0.2) is 6.61 Å². The third kappa shape index (κ3) is 6.38. The largest absolute Gasteiger partial charge is 0.457 e. The number of ether oxygens (including phenoxy) is 1. The van der Waals surface area contributed by atoms with Crippen LogP contribution in [-0.4, -0.2) is 39.6 Å². The van der Waals surface area contributed by atoms with Gasteiger partial charge in [0.1, 0.15) is 0 Å². The van der Waals surface area contributed by atoms with Crippen molar-refractivity contribution in [3.8, 4) is 0 Å². The number of nitrogens with one attached hydrogen (secondary N) is 1. The van der Waals surface area contributed by atoms with E-state index in [1.165, 1.54) is 11.3 Å². The highest BCUT2D eigenvalue weighted by Gasteiger charge is 2.43. The van der Waals surface area contributed by atoms with Crippen LogP contribution in [0.2, 0.25) is 5.02 Å². The highest BCUT2D eigenvalue weighted by Crippen LogP contribution is 2.41. The maximum absolute atomic E-state index is 13.1. The molecule has 0 amide bonds. The van der Waals surface area contributed by atoms with E-state index in [2.05, 4.69) is 4.72 Å². The monoisotopic (exact) mass is 483 g/mol. The van der Waals surface area contributed by atoms with Crippen LogP contribution in [-0.2, 0) is 31.4 Å². The summed E-state index contributed by atoms with van der Waals surface area (Å²) in [5.74, 6) is -0.644. The van der Waals surface area contributed by atoms with E-state index >= 15 is 0 Å². The van der Waals surface area contributed by atoms with Crippen molar-refractivity contribution in [2.24, 2.45) is 0 Å². The van der Waals surface area contributed by atoms with Crippen LogP contribution in [0.15, 0.2) is 36.4 Å². The second-order valence-electron chi connectivity index (χ2n) is 7.83. The lowest BCUT2D eigenvalue weighted by Gasteiger charge is -2.35. The fraction of sp³-hybridized carbons (Fsp3) is 0.455. The Morgan fingerprint density at radius 3 is 2.58 bits per heavy atom. The lowest BCUT2D eigenvalue weighted by atomic mass is 9.69. The second-order valence-corrected chi connectivity index (χ2v) is 11.3. The van der Waals surface area contributed by atoms with Gasteiger partial charge < -0.3 is 4.74 Å². The van der Waals surface area contributed by atoms with Crippen molar-refractivity contribution in [3.05, 3.63) is 56.7 Å². The number of Topliss-reactive ketones (excluding diaryl/α,β-unsaturated/α-hetero) is 1. The van der Waals surface area contributed by atoms with Crippen molar-refractivity contribution >= 4 is 44.7 Å². The minimum Gasteiger partial charge on any atom is -0.457 e. The van der Waals surface area contributed by atoms with Crippen molar-refractivity contribution < 1.29 is 22.7 Å². The average molecular weight is 484 g/mol. The van der Waals surface area contributed by atoms with Gasteiger partial charge >= 0.3 is 5.97 Å². The Morgan fingerprint density at radius 1 is 1.16 bits per heavy atom. The Labute approximate surface area is 192 Å². The van der Waals surface area contributed by atoms with E-state index in [9.17, 15) is 18.0 Å². The summed E-state index contributed by atoms with van der Waals surface area (Å²) in [6.07, 6.45) is 5.86. The third-order valence-corrected chi connectivity index (χ3v) is 7.63. The molecule has 0 atom stereocenters. The molecule has 2 aromatic rings. The summed E-state index contributed by atoms with van der Waals surface area (Å²) in [4.78, 5) is 27.1. The van der Waals surface area contributed by atoms with Gasteiger partial charge in [-0.3, -0.25) is 9.59 Å². The van der Waals surface area contributed by atoms with Gasteiger partial charge in [0.05, 0.1) is 16.5 Å². The topological polar surface area (TPSA) is 89.5 Å². The molecule has 0 saturated heterocycles. The number of sulfonamides is 1. The molecule has 0 unspecified atom stereocenters. The lowest BCUT2D eigenvalue weighted by Crippen LogP contribution is -2.40. The van der Waals surface area contributed by atoms with Gasteiger partial charge in [-0.1, -0.05) is 43.0 Å². The zero-order chi connectivity index (χ0) is 22.5. The summed E-state index contributed by atoms with van der Waals surface area (Å²) < 4.78 is 30.2. The predicted octanol–water partition coefficient (Wildman–Crippen LogP) is 4.12. The molecule has 0 spiro atoms. The molecule has 1 N–H and O–H groups in total. The molecule has 0 radical (unpaired) electrons. The number of carbonyl (C=O) groups excluding carboxylic acids is 2. The molecule has 1 aromatic carbocycles. The first-order chi connectivity index (χ1) is 14.7. The van der Waals surface area contributed by atoms with E-state index in [1.54, 1.807) is 18.2 Å². The van der Waals surface area contributed by atoms with Crippen LogP contribution >= 0.6 is 22.9 Å². The van der Waals surface area contributed by atoms with Crippen molar-refractivity contribution in [1.82, 2.24) is 4.72 Å². The Bertz CT molecular complexity index is 1040. The molecule has 1 aromatic heterocycles. The lowest BCUT2D eigenvalue weighted by molar-refractivity contribution is -0.151. The maximum Gasteiger partial charge on any atom is 0.317 e. The number of esters is 1. The molecule has 168 valence electrons. The highest BCUT2D eigenvalue weighted by atomic mass is 35.5. The van der Waals surface area contributed by atoms with Gasteiger partial charge in [0.2, 0.25) is 15.8 Å². The molecular weight excluding hydrogens is 458 g/mol. The standard InChI is InChI=1S/C22H26ClNO5S2/c1-31(27,28)24-13-10-18-8-9-20(30-18)19(25)15-29-21(26)22(11-3-2-4-12-22)16-6-5-7-17(23)14-16/h5-9,14,24H,2-4,10-13,15H2,1H3. The van der Waals surface area contributed by atoms with Crippen LogP contribution in [0.4, 0.5) is 0 Å². The molecule has 9 heteroatoms. The fourth-order valence-electron chi connectivity index (χ4n) is 3.91. The molecule has 1 saturated carbocycles. The summed E-state index contributed by atoms with van der Waals surface area (Å²) in [6.45, 7) is -0.0488. The van der Waals surface area contributed by atoms with Crippen molar-refractivity contribution in [2.45, 2.75) is 43.9 Å². The number of hydrogen-bond acceptors (Lipinski definition) is 6. The molecular formula is C22H26ClNO5S2. The summed E-state index contributed by atoms with van der Waals surface area (Å²) in [6, 6.07) is 10.8. The van der Waals surface area contributed by atoms with Gasteiger partial charge in [-0.15, -0.1) is 11.3 Å². The van der Waals surface area contributed by atoms with Crippen molar-refractivity contribution in [2.75, 3.05) is 19.4 Å². The van der Waals surface area contributed by atoms with Crippen LogP contribution in [0.1, 0.15) is 52.2 Å². The van der Waals surface area contributed by atoms with E-state index in [0.29, 0.717) is 29.2 Å². The van der Waals surface area contributed by atoms with Gasteiger partial charge in [0, 0.05) is 16.4 Å². The molecule has 0 bridgehead atoms. The molecule has 1 fully saturated rings. The van der Waals surface area contributed by atoms with Crippen molar-refractivity contribution in [3.63, 3.8) is 0 Å². The zero-order valence-corrected chi connectivity index (χ0v) is 19.7. The van der Waals surface area contributed by atoms with E-state index in [4.69, 9.17) is 16.3 Å². The van der Waals surface area contributed by atoms with Gasteiger partial charge in [-0.2, -0.15) is 0 Å². The summed E-state index contributed by atoms with van der Waals surface area (Å²) in [5.41, 5.74) is 0.0791. The molecule has 3 rings (SSSR count). The predicted molar refractivity (Wildman–Crippen MR) is 122 cm³/mol. The first kappa shape index (κ1) is 23.9. The van der Waals surface area contributed by atoms with E-state index in [0.717, 1.165) is 36.0 Å².